The summed E-state index contributed by atoms with van der Waals surface area (Å²) in [6, 6.07) is 63.6. The molecule has 0 amide bonds. The highest BCUT2D eigenvalue weighted by Gasteiger charge is 2.36. The van der Waals surface area contributed by atoms with Gasteiger partial charge in [0.25, 0.3) is 0 Å². The lowest BCUT2D eigenvalue weighted by molar-refractivity contribution is 0.660. The lowest BCUT2D eigenvalue weighted by Gasteiger charge is -2.28. The molecule has 242 valence electrons. The summed E-state index contributed by atoms with van der Waals surface area (Å²) in [6.45, 7) is 4.69. The van der Waals surface area contributed by atoms with E-state index >= 15 is 0 Å². The van der Waals surface area contributed by atoms with E-state index in [4.69, 9.17) is 4.42 Å². The summed E-state index contributed by atoms with van der Waals surface area (Å²) < 4.78 is 6.85. The van der Waals surface area contributed by atoms with Crippen molar-refractivity contribution < 1.29 is 4.42 Å². The number of nitrogens with zero attached hydrogens (tertiary/aromatic N) is 1. The van der Waals surface area contributed by atoms with Crippen LogP contribution in [0.2, 0.25) is 0 Å². The van der Waals surface area contributed by atoms with E-state index in [0.717, 1.165) is 44.6 Å². The average molecular weight is 654 g/mol. The number of hydrogen-bond donors (Lipinski definition) is 0. The smallest absolute Gasteiger partial charge is 0.159 e. The zero-order chi connectivity index (χ0) is 34.1. The molecule has 0 radical (unpaired) electrons. The Balaban J connectivity index is 1.22. The molecule has 0 saturated heterocycles. The van der Waals surface area contributed by atoms with E-state index in [9.17, 15) is 0 Å². The van der Waals surface area contributed by atoms with E-state index in [0.29, 0.717) is 0 Å². The molecule has 51 heavy (non-hydrogen) atoms. The Hall–Kier alpha value is -6.38. The molecule has 0 atom stereocenters. The number of fused-ring (bicyclic) bond motifs is 8. The zero-order valence-corrected chi connectivity index (χ0v) is 28.6. The first-order valence-corrected chi connectivity index (χ1v) is 17.7. The molecule has 1 aliphatic rings. The normalized spacial score (nSPS) is 13.1. The molecule has 0 saturated carbocycles. The van der Waals surface area contributed by atoms with Crippen LogP contribution in [0.15, 0.2) is 180 Å². The summed E-state index contributed by atoms with van der Waals surface area (Å²) in [5.74, 6) is 0. The van der Waals surface area contributed by atoms with Crippen LogP contribution in [-0.4, -0.2) is 0 Å². The fourth-order valence-corrected chi connectivity index (χ4v) is 8.40. The molecule has 0 unspecified atom stereocenters. The van der Waals surface area contributed by atoms with Crippen molar-refractivity contribution in [2.24, 2.45) is 0 Å². The van der Waals surface area contributed by atoms with Crippen LogP contribution in [0.1, 0.15) is 25.0 Å². The van der Waals surface area contributed by atoms with Crippen LogP contribution in [0.5, 0.6) is 0 Å². The first kappa shape index (κ1) is 29.5. The molecule has 0 aliphatic heterocycles. The minimum Gasteiger partial charge on any atom is -0.454 e. The highest BCUT2D eigenvalue weighted by molar-refractivity contribution is 6.21. The maximum Gasteiger partial charge on any atom is 0.159 e. The molecule has 0 spiro atoms. The van der Waals surface area contributed by atoms with Crippen molar-refractivity contribution in [2.45, 2.75) is 19.3 Å². The lowest BCUT2D eigenvalue weighted by atomic mass is 9.82. The molecule has 0 bridgehead atoms. The average Bonchev–Trinajstić information content (AvgIpc) is 3.68. The second-order valence-corrected chi connectivity index (χ2v) is 14.1. The quantitative estimate of drug-likeness (QED) is 0.184. The van der Waals surface area contributed by atoms with Gasteiger partial charge in [0.15, 0.2) is 5.58 Å². The zero-order valence-electron chi connectivity index (χ0n) is 28.6. The molecule has 1 aliphatic carbocycles. The van der Waals surface area contributed by atoms with Crippen molar-refractivity contribution in [3.05, 3.63) is 187 Å². The van der Waals surface area contributed by atoms with Gasteiger partial charge in [0.05, 0.1) is 5.69 Å². The van der Waals surface area contributed by atoms with Crippen LogP contribution in [0.4, 0.5) is 17.1 Å². The number of rotatable bonds is 5. The molecule has 1 aromatic heterocycles. The maximum absolute atomic E-state index is 6.85. The highest BCUT2D eigenvalue weighted by Crippen LogP contribution is 2.51. The van der Waals surface area contributed by atoms with E-state index in [1.54, 1.807) is 0 Å². The van der Waals surface area contributed by atoms with Crippen molar-refractivity contribution in [1.82, 2.24) is 0 Å². The van der Waals surface area contributed by atoms with Gasteiger partial charge in [-0.15, -0.1) is 0 Å². The number of hydrogen-bond acceptors (Lipinski definition) is 2. The van der Waals surface area contributed by atoms with Gasteiger partial charge in [0.1, 0.15) is 5.58 Å². The predicted molar refractivity (Wildman–Crippen MR) is 214 cm³/mol. The van der Waals surface area contributed by atoms with Crippen molar-refractivity contribution in [3.8, 4) is 33.4 Å². The van der Waals surface area contributed by atoms with Crippen LogP contribution in [-0.2, 0) is 5.41 Å². The summed E-state index contributed by atoms with van der Waals surface area (Å²) in [5, 5.41) is 4.68. The van der Waals surface area contributed by atoms with Gasteiger partial charge in [-0.1, -0.05) is 153 Å². The van der Waals surface area contributed by atoms with Gasteiger partial charge in [-0.3, -0.25) is 0 Å². The van der Waals surface area contributed by atoms with Crippen molar-refractivity contribution in [1.29, 1.82) is 0 Å². The number of benzene rings is 8. The molecule has 2 nitrogen and oxygen atoms in total. The molecular weight excluding hydrogens is 619 g/mol. The lowest BCUT2D eigenvalue weighted by Crippen LogP contribution is -2.16. The monoisotopic (exact) mass is 653 g/mol. The van der Waals surface area contributed by atoms with Crippen molar-refractivity contribution in [2.75, 3.05) is 4.90 Å². The molecule has 10 rings (SSSR count). The Morgan fingerprint density at radius 3 is 1.96 bits per heavy atom. The molecule has 0 fully saturated rings. The van der Waals surface area contributed by atoms with E-state index in [1.807, 2.05) is 0 Å². The van der Waals surface area contributed by atoms with Gasteiger partial charge in [0, 0.05) is 27.6 Å². The second-order valence-electron chi connectivity index (χ2n) is 14.1. The Bertz CT molecular complexity index is 2790. The molecule has 1 heterocycles. The fourth-order valence-electron chi connectivity index (χ4n) is 8.40. The molecule has 2 heteroatoms. The Morgan fingerprint density at radius 1 is 0.451 bits per heavy atom. The third-order valence-corrected chi connectivity index (χ3v) is 10.9. The first-order valence-electron chi connectivity index (χ1n) is 17.7. The third-order valence-electron chi connectivity index (χ3n) is 10.9. The maximum atomic E-state index is 6.85. The topological polar surface area (TPSA) is 16.4 Å². The summed E-state index contributed by atoms with van der Waals surface area (Å²) >= 11 is 0. The number of para-hydroxylation sites is 1. The summed E-state index contributed by atoms with van der Waals surface area (Å²) in [4.78, 5) is 2.39. The van der Waals surface area contributed by atoms with Crippen LogP contribution < -0.4 is 4.90 Å². The molecule has 0 N–H and O–H groups in total. The molecule has 9 aromatic rings. The van der Waals surface area contributed by atoms with E-state index < -0.39 is 0 Å². The van der Waals surface area contributed by atoms with Crippen LogP contribution in [0.25, 0.3) is 66.1 Å². The number of furan rings is 1. The second kappa shape index (κ2) is 11.3. The van der Waals surface area contributed by atoms with Crippen LogP contribution >= 0.6 is 0 Å². The van der Waals surface area contributed by atoms with Crippen molar-refractivity contribution >= 4 is 49.8 Å². The SMILES string of the molecule is CC1(C)c2ccccc2-c2ccc(N(c3cccc(-c4ccccc4-c4ccccc4)c3)c3cccc4c3oc3ccc5ccccc5c34)cc21. The first-order chi connectivity index (χ1) is 25.1. The van der Waals surface area contributed by atoms with Gasteiger partial charge >= 0.3 is 0 Å². The van der Waals surface area contributed by atoms with Crippen LogP contribution in [0, 0.1) is 0 Å². The largest absolute Gasteiger partial charge is 0.454 e. The standard InChI is InChI=1S/C49H35NO/c1-49(2)43-24-11-10-22-40(43)41-28-27-36(31-44(41)49)50(35-18-12-17-34(30-35)38-20-9-8-19-37(38)32-14-4-3-5-15-32)45-25-13-23-42-47-39-21-7-6-16-33(39)26-29-46(47)51-48(42)45/h3-31H,1-2H3. The minimum absolute atomic E-state index is 0.131. The third kappa shape index (κ3) is 4.57. The van der Waals surface area contributed by atoms with E-state index in [1.165, 1.54) is 49.7 Å². The predicted octanol–water partition coefficient (Wildman–Crippen LogP) is 13.8. The van der Waals surface area contributed by atoms with E-state index in [-0.39, 0.29) is 5.41 Å². The summed E-state index contributed by atoms with van der Waals surface area (Å²) in [5.41, 5.74) is 14.9. The highest BCUT2D eigenvalue weighted by atomic mass is 16.3. The summed E-state index contributed by atoms with van der Waals surface area (Å²) in [7, 11) is 0. The van der Waals surface area contributed by atoms with Gasteiger partial charge < -0.3 is 9.32 Å². The minimum atomic E-state index is -0.131. The van der Waals surface area contributed by atoms with Gasteiger partial charge in [-0.05, 0) is 91.7 Å². The summed E-state index contributed by atoms with van der Waals surface area (Å²) in [6.07, 6.45) is 0. The van der Waals surface area contributed by atoms with Gasteiger partial charge in [0.2, 0.25) is 0 Å². The van der Waals surface area contributed by atoms with E-state index in [2.05, 4.69) is 195 Å². The van der Waals surface area contributed by atoms with Crippen molar-refractivity contribution in [3.63, 3.8) is 0 Å². The fraction of sp³-hybridized carbons (Fsp3) is 0.0612. The Kier molecular flexibility index (Phi) is 6.56. The van der Waals surface area contributed by atoms with Gasteiger partial charge in [-0.2, -0.15) is 0 Å². The molecular formula is C49H35NO. The number of anilines is 3. The Morgan fingerprint density at radius 2 is 1.10 bits per heavy atom. The van der Waals surface area contributed by atoms with Gasteiger partial charge in [-0.25, -0.2) is 0 Å². The molecule has 8 aromatic carbocycles. The van der Waals surface area contributed by atoms with Crippen LogP contribution in [0.3, 0.4) is 0 Å². The Labute approximate surface area is 297 Å².